The number of carboxylic acids is 1. The number of rotatable bonds is 6. The number of hydrogen-bond acceptors (Lipinski definition) is 4. The number of fused-ring (bicyclic) bond motifs is 1. The largest absolute Gasteiger partial charge is 0.477 e. The van der Waals surface area contributed by atoms with E-state index < -0.39 is 40.6 Å². The van der Waals surface area contributed by atoms with Gasteiger partial charge in [0.25, 0.3) is 5.91 Å². The third-order valence-electron chi connectivity index (χ3n) is 5.44. The maximum atomic E-state index is 14.6. The summed E-state index contributed by atoms with van der Waals surface area (Å²) < 4.78 is 14.6. The summed E-state index contributed by atoms with van der Waals surface area (Å²) in [6.07, 6.45) is 1.11. The molecule has 4 N–H and O–H groups in total. The van der Waals surface area contributed by atoms with E-state index in [0.29, 0.717) is 16.6 Å². The molecule has 0 aliphatic heterocycles. The lowest BCUT2D eigenvalue weighted by atomic mass is 10.0. The van der Waals surface area contributed by atoms with Gasteiger partial charge in [-0.3, -0.25) is 14.4 Å². The van der Waals surface area contributed by atoms with Gasteiger partial charge in [0.15, 0.2) is 0 Å². The third-order valence-corrected chi connectivity index (χ3v) is 5.44. The first-order valence-corrected chi connectivity index (χ1v) is 10.6. The van der Waals surface area contributed by atoms with Crippen LogP contribution in [0.15, 0.2) is 77.7 Å². The van der Waals surface area contributed by atoms with Gasteiger partial charge in [0.05, 0.1) is 0 Å². The fraction of sp³-hybridized carbons (Fsp3) is 0.0769. The van der Waals surface area contributed by atoms with Gasteiger partial charge in [-0.25, -0.2) is 9.18 Å². The number of halogens is 1. The number of carbonyl (C=O) groups excluding carboxylic acids is 2. The van der Waals surface area contributed by atoms with E-state index >= 15 is 0 Å². The summed E-state index contributed by atoms with van der Waals surface area (Å²) in [5, 5.41) is 14.3. The molecule has 0 fully saturated rings. The van der Waals surface area contributed by atoms with Crippen LogP contribution < -0.4 is 16.1 Å². The van der Waals surface area contributed by atoms with Crippen LogP contribution in [0, 0.1) is 5.82 Å². The second-order valence-corrected chi connectivity index (χ2v) is 7.84. The number of H-pyrrole nitrogens is 1. The van der Waals surface area contributed by atoms with Crippen LogP contribution >= 0.6 is 0 Å². The van der Waals surface area contributed by atoms with Crippen LogP contribution in [0.2, 0.25) is 0 Å². The van der Waals surface area contributed by atoms with E-state index in [1.54, 1.807) is 24.3 Å². The zero-order valence-corrected chi connectivity index (χ0v) is 18.5. The summed E-state index contributed by atoms with van der Waals surface area (Å²) in [6.45, 7) is 1.46. The number of benzene rings is 3. The van der Waals surface area contributed by atoms with Gasteiger partial charge in [-0.1, -0.05) is 36.4 Å². The smallest absolute Gasteiger partial charge is 0.341 e. The highest BCUT2D eigenvalue weighted by atomic mass is 19.1. The predicted molar refractivity (Wildman–Crippen MR) is 129 cm³/mol. The van der Waals surface area contributed by atoms with Crippen molar-refractivity contribution in [1.82, 2.24) is 10.3 Å². The molecule has 0 saturated carbocycles. The van der Waals surface area contributed by atoms with Crippen LogP contribution in [0.3, 0.4) is 0 Å². The van der Waals surface area contributed by atoms with Crippen molar-refractivity contribution in [3.05, 3.63) is 100 Å². The maximum Gasteiger partial charge on any atom is 0.341 e. The van der Waals surface area contributed by atoms with Crippen molar-refractivity contribution in [1.29, 1.82) is 0 Å². The van der Waals surface area contributed by atoms with Crippen LogP contribution in [0.4, 0.5) is 10.1 Å². The summed E-state index contributed by atoms with van der Waals surface area (Å²) in [5.41, 5.74) is 0.618. The van der Waals surface area contributed by atoms with Crippen molar-refractivity contribution in [3.63, 3.8) is 0 Å². The number of hydrogen-bond donors (Lipinski definition) is 4. The average Bonchev–Trinajstić information content (AvgIpc) is 2.84. The minimum absolute atomic E-state index is 0.0558. The van der Waals surface area contributed by atoms with Gasteiger partial charge in [0.1, 0.15) is 17.4 Å². The second-order valence-electron chi connectivity index (χ2n) is 7.84. The van der Waals surface area contributed by atoms with E-state index in [-0.39, 0.29) is 16.6 Å². The lowest BCUT2D eigenvalue weighted by Crippen LogP contribution is -2.41. The second kappa shape index (κ2) is 9.60. The Hall–Kier alpha value is -4.79. The summed E-state index contributed by atoms with van der Waals surface area (Å²) >= 11 is 0. The highest BCUT2D eigenvalue weighted by molar-refractivity contribution is 6.02. The average molecular weight is 473 g/mol. The molecule has 8 nitrogen and oxygen atoms in total. The lowest BCUT2D eigenvalue weighted by molar-refractivity contribution is -0.117. The number of anilines is 1. The molecule has 0 radical (unpaired) electrons. The van der Waals surface area contributed by atoms with Crippen molar-refractivity contribution >= 4 is 34.4 Å². The van der Waals surface area contributed by atoms with Crippen LogP contribution in [-0.2, 0) is 4.79 Å². The van der Waals surface area contributed by atoms with Gasteiger partial charge in [-0.2, -0.15) is 0 Å². The fourth-order valence-corrected chi connectivity index (χ4v) is 3.56. The molecule has 0 aliphatic carbocycles. The predicted octanol–water partition coefficient (Wildman–Crippen LogP) is 3.79. The number of carbonyl (C=O) groups is 3. The highest BCUT2D eigenvalue weighted by Gasteiger charge is 2.19. The Bertz CT molecular complexity index is 1510. The Morgan fingerprint density at radius 3 is 2.43 bits per heavy atom. The molecular formula is C26H20FN3O5. The van der Waals surface area contributed by atoms with Crippen LogP contribution in [-0.4, -0.2) is 33.9 Å². The minimum atomic E-state index is -1.37. The quantitative estimate of drug-likeness (QED) is 0.339. The van der Waals surface area contributed by atoms with Crippen LogP contribution in [0.1, 0.15) is 27.6 Å². The van der Waals surface area contributed by atoms with Gasteiger partial charge in [0.2, 0.25) is 11.3 Å². The Kier molecular flexibility index (Phi) is 6.41. The van der Waals surface area contributed by atoms with Gasteiger partial charge in [0, 0.05) is 33.9 Å². The lowest BCUT2D eigenvalue weighted by Gasteiger charge is -2.15. The Morgan fingerprint density at radius 1 is 1.00 bits per heavy atom. The molecule has 3 aromatic carbocycles. The Balaban J connectivity index is 1.46. The Labute approximate surface area is 198 Å². The van der Waals surface area contributed by atoms with Crippen LogP contribution in [0.5, 0.6) is 0 Å². The molecular weight excluding hydrogens is 453 g/mol. The van der Waals surface area contributed by atoms with Crippen molar-refractivity contribution in [2.75, 3.05) is 5.32 Å². The van der Waals surface area contributed by atoms with Gasteiger partial charge in [-0.05, 0) is 42.8 Å². The van der Waals surface area contributed by atoms with E-state index in [2.05, 4.69) is 15.6 Å². The first-order valence-electron chi connectivity index (χ1n) is 10.6. The number of aromatic amines is 1. The zero-order chi connectivity index (χ0) is 25.1. The standard InChI is InChI=1S/C26H20FN3O5/c1-14(29-25(33)16-7-9-18(21(27)11-16)15-5-3-2-4-6-15)24(32)30-17-8-10-22-19(12-17)23(31)20(13-28-22)26(34)35/h2-14H,1H3,(H,28,31)(H,29,33)(H,30,32)(H,34,35)/t14-/m0/s1. The minimum Gasteiger partial charge on any atom is -0.477 e. The highest BCUT2D eigenvalue weighted by Crippen LogP contribution is 2.23. The number of nitrogens with one attached hydrogen (secondary N) is 3. The van der Waals surface area contributed by atoms with Crippen molar-refractivity contribution in [3.8, 4) is 11.1 Å². The van der Waals surface area contributed by atoms with Gasteiger partial charge >= 0.3 is 5.97 Å². The van der Waals surface area contributed by atoms with E-state index in [0.717, 1.165) is 12.3 Å². The fourth-order valence-electron chi connectivity index (χ4n) is 3.56. The molecule has 1 heterocycles. The molecule has 2 amide bonds. The molecule has 9 heteroatoms. The van der Waals surface area contributed by atoms with E-state index in [4.69, 9.17) is 5.11 Å². The summed E-state index contributed by atoms with van der Waals surface area (Å²) in [7, 11) is 0. The van der Waals surface area contributed by atoms with E-state index in [1.807, 2.05) is 6.07 Å². The molecule has 0 aliphatic rings. The van der Waals surface area contributed by atoms with Crippen LogP contribution in [0.25, 0.3) is 22.0 Å². The number of aromatic carboxylic acids is 1. The normalized spacial score (nSPS) is 11.6. The SMILES string of the molecule is C[C@H](NC(=O)c1ccc(-c2ccccc2)c(F)c1)C(=O)Nc1ccc2[nH]cc(C(=O)O)c(=O)c2c1. The number of carboxylic acid groups (broad SMARTS) is 1. The Morgan fingerprint density at radius 2 is 1.74 bits per heavy atom. The molecule has 35 heavy (non-hydrogen) atoms. The third kappa shape index (κ3) is 4.93. The molecule has 0 unspecified atom stereocenters. The zero-order valence-electron chi connectivity index (χ0n) is 18.5. The van der Waals surface area contributed by atoms with E-state index in [1.165, 1.54) is 37.3 Å². The van der Waals surface area contributed by atoms with E-state index in [9.17, 15) is 23.6 Å². The van der Waals surface area contributed by atoms with Gasteiger partial charge in [-0.15, -0.1) is 0 Å². The van der Waals surface area contributed by atoms with Crippen molar-refractivity contribution < 1.29 is 23.9 Å². The van der Waals surface area contributed by atoms with Gasteiger partial charge < -0.3 is 20.7 Å². The molecule has 0 spiro atoms. The monoisotopic (exact) mass is 473 g/mol. The molecule has 4 rings (SSSR count). The summed E-state index contributed by atoms with van der Waals surface area (Å²) in [5.74, 6) is -3.15. The molecule has 0 bridgehead atoms. The number of amides is 2. The summed E-state index contributed by atoms with van der Waals surface area (Å²) in [4.78, 5) is 51.5. The van der Waals surface area contributed by atoms with Crippen molar-refractivity contribution in [2.45, 2.75) is 13.0 Å². The first-order chi connectivity index (χ1) is 16.7. The summed E-state index contributed by atoms with van der Waals surface area (Å²) in [6, 6.07) is 16.4. The molecule has 1 atom stereocenters. The maximum absolute atomic E-state index is 14.6. The first kappa shape index (κ1) is 23.4. The molecule has 4 aromatic rings. The molecule has 0 saturated heterocycles. The van der Waals surface area contributed by atoms with Crippen molar-refractivity contribution in [2.24, 2.45) is 0 Å². The topological polar surface area (TPSA) is 128 Å². The number of pyridine rings is 1. The molecule has 176 valence electrons. The number of aromatic nitrogens is 1. The molecule has 1 aromatic heterocycles.